The van der Waals surface area contributed by atoms with Gasteiger partial charge >= 0.3 is 0 Å². The second kappa shape index (κ2) is 9.52. The van der Waals surface area contributed by atoms with E-state index < -0.39 is 10.0 Å². The van der Waals surface area contributed by atoms with Crippen LogP contribution in [0.15, 0.2) is 48.5 Å². The molecule has 0 aliphatic carbocycles. The van der Waals surface area contributed by atoms with Crippen molar-refractivity contribution >= 4 is 27.5 Å². The lowest BCUT2D eigenvalue weighted by Gasteiger charge is -2.26. The van der Waals surface area contributed by atoms with Crippen LogP contribution in [0.2, 0.25) is 5.02 Å². The number of rotatable bonds is 7. The van der Waals surface area contributed by atoms with E-state index in [1.54, 1.807) is 24.3 Å². The van der Waals surface area contributed by atoms with Gasteiger partial charge in [-0.05, 0) is 28.8 Å². The summed E-state index contributed by atoms with van der Waals surface area (Å²) in [5, 5.41) is 3.45. The highest BCUT2D eigenvalue weighted by molar-refractivity contribution is 7.88. The zero-order valence-corrected chi connectivity index (χ0v) is 17.0. The Bertz CT molecular complexity index is 927. The number of morpholine rings is 1. The molecule has 6 nitrogen and oxygen atoms in total. The van der Waals surface area contributed by atoms with Crippen molar-refractivity contribution in [3.05, 3.63) is 70.2 Å². The highest BCUT2D eigenvalue weighted by Gasteiger charge is 2.25. The van der Waals surface area contributed by atoms with Gasteiger partial charge in [-0.3, -0.25) is 4.79 Å². The normalized spacial score (nSPS) is 15.3. The van der Waals surface area contributed by atoms with E-state index in [2.05, 4.69) is 5.32 Å². The lowest BCUT2D eigenvalue weighted by atomic mass is 10.1. The summed E-state index contributed by atoms with van der Waals surface area (Å²) in [6.45, 7) is 1.86. The van der Waals surface area contributed by atoms with Crippen molar-refractivity contribution in [2.45, 2.75) is 18.7 Å². The van der Waals surface area contributed by atoms with Crippen LogP contribution in [-0.2, 0) is 38.3 Å². The molecular formula is C20H23ClN2O4S. The first-order valence-corrected chi connectivity index (χ1v) is 11.1. The van der Waals surface area contributed by atoms with Crippen LogP contribution in [0.3, 0.4) is 0 Å². The molecule has 1 amide bonds. The minimum Gasteiger partial charge on any atom is -0.379 e. The molecule has 2 aromatic carbocycles. The van der Waals surface area contributed by atoms with E-state index >= 15 is 0 Å². The number of amides is 1. The minimum absolute atomic E-state index is 0.0899. The van der Waals surface area contributed by atoms with E-state index in [9.17, 15) is 13.2 Å². The summed E-state index contributed by atoms with van der Waals surface area (Å²) in [7, 11) is -3.42. The highest BCUT2D eigenvalue weighted by atomic mass is 35.5. The molecule has 28 heavy (non-hydrogen) atoms. The standard InChI is InChI=1S/C20H23ClN2O4S/c21-19-7-3-4-16(12-19)13-20(24)22-14-17-5-1-2-6-18(17)15-28(25,26)23-8-10-27-11-9-23/h1-7,12H,8-11,13-15H2,(H,22,24). The molecule has 0 saturated carbocycles. The molecule has 0 bridgehead atoms. The number of carbonyl (C=O) groups is 1. The summed E-state index contributed by atoms with van der Waals surface area (Å²) in [6.07, 6.45) is 0.217. The van der Waals surface area contributed by atoms with Gasteiger partial charge in [0, 0.05) is 24.7 Å². The molecule has 0 radical (unpaired) electrons. The first-order chi connectivity index (χ1) is 13.4. The molecule has 1 N–H and O–H groups in total. The number of ether oxygens (including phenoxy) is 1. The summed E-state index contributed by atoms with van der Waals surface area (Å²) < 4.78 is 32.1. The fourth-order valence-electron chi connectivity index (χ4n) is 3.07. The number of hydrogen-bond donors (Lipinski definition) is 1. The Morgan fingerprint density at radius 3 is 2.50 bits per heavy atom. The van der Waals surface area contributed by atoms with Gasteiger partial charge in [0.15, 0.2) is 0 Å². The first-order valence-electron chi connectivity index (χ1n) is 9.07. The third-order valence-electron chi connectivity index (χ3n) is 4.55. The van der Waals surface area contributed by atoms with Crippen molar-refractivity contribution in [3.8, 4) is 0 Å². The average Bonchev–Trinajstić information content (AvgIpc) is 2.68. The van der Waals surface area contributed by atoms with Gasteiger partial charge in [-0.25, -0.2) is 8.42 Å². The van der Waals surface area contributed by atoms with Gasteiger partial charge in [-0.15, -0.1) is 0 Å². The fraction of sp³-hybridized carbons (Fsp3) is 0.350. The van der Waals surface area contributed by atoms with E-state index in [-0.39, 0.29) is 24.6 Å². The molecule has 1 fully saturated rings. The van der Waals surface area contributed by atoms with Crippen LogP contribution in [0.1, 0.15) is 16.7 Å². The summed E-state index contributed by atoms with van der Waals surface area (Å²) in [5.74, 6) is -0.235. The molecule has 150 valence electrons. The summed E-state index contributed by atoms with van der Waals surface area (Å²) >= 11 is 5.95. The first kappa shape index (κ1) is 20.8. The number of nitrogens with one attached hydrogen (secondary N) is 1. The van der Waals surface area contributed by atoms with Gasteiger partial charge < -0.3 is 10.1 Å². The number of halogens is 1. The second-order valence-corrected chi connectivity index (χ2v) is 9.03. The van der Waals surface area contributed by atoms with E-state index in [1.165, 1.54) is 4.31 Å². The zero-order valence-electron chi connectivity index (χ0n) is 15.4. The fourth-order valence-corrected chi connectivity index (χ4v) is 4.85. The van der Waals surface area contributed by atoms with Crippen molar-refractivity contribution in [1.82, 2.24) is 9.62 Å². The van der Waals surface area contributed by atoms with Gasteiger partial charge in [0.1, 0.15) is 0 Å². The second-order valence-electron chi connectivity index (χ2n) is 6.62. The molecule has 2 aromatic rings. The van der Waals surface area contributed by atoms with Gasteiger partial charge in [-0.1, -0.05) is 48.0 Å². The largest absolute Gasteiger partial charge is 0.379 e. The van der Waals surface area contributed by atoms with Crippen LogP contribution in [0, 0.1) is 0 Å². The summed E-state index contributed by atoms with van der Waals surface area (Å²) in [5.41, 5.74) is 2.31. The third-order valence-corrected chi connectivity index (χ3v) is 6.61. The zero-order chi connectivity index (χ0) is 20.0. The van der Waals surface area contributed by atoms with Crippen LogP contribution in [0.4, 0.5) is 0 Å². The van der Waals surface area contributed by atoms with Crippen molar-refractivity contribution in [2.24, 2.45) is 0 Å². The predicted molar refractivity (Wildman–Crippen MR) is 108 cm³/mol. The Hall–Kier alpha value is -1.93. The SMILES string of the molecule is O=C(Cc1cccc(Cl)c1)NCc1ccccc1CS(=O)(=O)N1CCOCC1. The number of carbonyl (C=O) groups excluding carboxylic acids is 1. The van der Waals surface area contributed by atoms with Crippen LogP contribution >= 0.6 is 11.6 Å². The smallest absolute Gasteiger partial charge is 0.224 e. The Morgan fingerprint density at radius 2 is 1.79 bits per heavy atom. The molecular weight excluding hydrogens is 400 g/mol. The Labute approximate surface area is 170 Å². The summed E-state index contributed by atoms with van der Waals surface area (Å²) in [6, 6.07) is 14.4. The number of sulfonamides is 1. The Kier molecular flexibility index (Phi) is 7.07. The number of benzene rings is 2. The maximum Gasteiger partial charge on any atom is 0.224 e. The maximum absolute atomic E-state index is 12.7. The van der Waals surface area contributed by atoms with Crippen molar-refractivity contribution in [1.29, 1.82) is 0 Å². The molecule has 1 heterocycles. The lowest BCUT2D eigenvalue weighted by Crippen LogP contribution is -2.41. The van der Waals surface area contributed by atoms with Crippen LogP contribution in [-0.4, -0.2) is 44.9 Å². The topological polar surface area (TPSA) is 75.7 Å². The molecule has 1 saturated heterocycles. The van der Waals surface area contributed by atoms with Gasteiger partial charge in [-0.2, -0.15) is 4.31 Å². The van der Waals surface area contributed by atoms with E-state index in [0.717, 1.165) is 11.1 Å². The van der Waals surface area contributed by atoms with Gasteiger partial charge in [0.2, 0.25) is 15.9 Å². The van der Waals surface area contributed by atoms with E-state index in [0.29, 0.717) is 36.9 Å². The predicted octanol–water partition coefficient (Wildman–Crippen LogP) is 2.36. The molecule has 1 aliphatic rings. The van der Waals surface area contributed by atoms with Gasteiger partial charge in [0.25, 0.3) is 0 Å². The van der Waals surface area contributed by atoms with Crippen molar-refractivity contribution in [3.63, 3.8) is 0 Å². The van der Waals surface area contributed by atoms with Crippen LogP contribution in [0.25, 0.3) is 0 Å². The van der Waals surface area contributed by atoms with E-state index in [4.69, 9.17) is 16.3 Å². The average molecular weight is 423 g/mol. The molecule has 0 unspecified atom stereocenters. The highest BCUT2D eigenvalue weighted by Crippen LogP contribution is 2.17. The Morgan fingerprint density at radius 1 is 1.07 bits per heavy atom. The quantitative estimate of drug-likeness (QED) is 0.743. The Balaban J connectivity index is 1.62. The van der Waals surface area contributed by atoms with Crippen LogP contribution in [0.5, 0.6) is 0 Å². The van der Waals surface area contributed by atoms with Crippen LogP contribution < -0.4 is 5.32 Å². The molecule has 3 rings (SSSR count). The minimum atomic E-state index is -3.42. The lowest BCUT2D eigenvalue weighted by molar-refractivity contribution is -0.120. The molecule has 0 spiro atoms. The molecule has 1 aliphatic heterocycles. The molecule has 8 heteroatoms. The number of hydrogen-bond acceptors (Lipinski definition) is 4. The molecule has 0 atom stereocenters. The molecule has 0 aromatic heterocycles. The number of nitrogens with zero attached hydrogens (tertiary/aromatic N) is 1. The van der Waals surface area contributed by atoms with Crippen molar-refractivity contribution in [2.75, 3.05) is 26.3 Å². The van der Waals surface area contributed by atoms with Crippen molar-refractivity contribution < 1.29 is 17.9 Å². The monoisotopic (exact) mass is 422 g/mol. The van der Waals surface area contributed by atoms with Gasteiger partial charge in [0.05, 0.1) is 25.4 Å². The van der Waals surface area contributed by atoms with E-state index in [1.807, 2.05) is 24.3 Å². The summed E-state index contributed by atoms with van der Waals surface area (Å²) in [4.78, 5) is 12.2. The third kappa shape index (κ3) is 5.78. The maximum atomic E-state index is 12.7.